The molecule has 1 saturated heterocycles. The quantitative estimate of drug-likeness (QED) is 0.348. The van der Waals surface area contributed by atoms with Gasteiger partial charge in [-0.25, -0.2) is 5.48 Å². The molecule has 0 aromatic carbocycles. The maximum Gasteiger partial charge on any atom is 0.305 e. The lowest BCUT2D eigenvalue weighted by Gasteiger charge is -2.42. The van der Waals surface area contributed by atoms with Gasteiger partial charge in [0.1, 0.15) is 12.7 Å². The molecule has 12 heteroatoms. The largest absolute Gasteiger partial charge is 0.463 e. The highest BCUT2D eigenvalue weighted by Crippen LogP contribution is 2.29. The summed E-state index contributed by atoms with van der Waals surface area (Å²) in [6, 6.07) is 0. The summed E-state index contributed by atoms with van der Waals surface area (Å²) in [4.78, 5) is 53.6. The Balaban J connectivity index is 3.13. The predicted octanol–water partition coefficient (Wildman–Crippen LogP) is -0.525. The number of ether oxygens (including phenoxy) is 4. The number of esters is 3. The topological polar surface area (TPSA) is 136 Å². The molecule has 1 N–H and O–H groups in total. The summed E-state index contributed by atoms with van der Waals surface area (Å²) < 4.78 is 33.2. The van der Waals surface area contributed by atoms with Crippen molar-refractivity contribution >= 4 is 23.8 Å². The molecule has 0 spiro atoms. The van der Waals surface area contributed by atoms with Crippen LogP contribution in [0, 0.1) is 0 Å². The number of carbonyl (C=O) groups is 4. The van der Waals surface area contributed by atoms with E-state index in [0.717, 1.165) is 27.7 Å². The van der Waals surface area contributed by atoms with Crippen molar-refractivity contribution in [1.29, 1.82) is 0 Å². The van der Waals surface area contributed by atoms with Crippen molar-refractivity contribution in [3.8, 4) is 0 Å². The van der Waals surface area contributed by atoms with E-state index < -0.39 is 61.1 Å². The Morgan fingerprint density at radius 2 is 1.54 bits per heavy atom. The third-order valence-electron chi connectivity index (χ3n) is 3.07. The zero-order valence-corrected chi connectivity index (χ0v) is 14.6. The van der Waals surface area contributed by atoms with E-state index in [2.05, 4.69) is 4.94 Å². The molecule has 11 nitrogen and oxygen atoms in total. The van der Waals surface area contributed by atoms with Gasteiger partial charge >= 0.3 is 17.9 Å². The van der Waals surface area contributed by atoms with E-state index in [1.54, 1.807) is 0 Å². The van der Waals surface area contributed by atoms with Crippen molar-refractivity contribution in [2.24, 2.45) is 0 Å². The highest BCUT2D eigenvalue weighted by Gasteiger charge is 2.52. The van der Waals surface area contributed by atoms with Crippen LogP contribution in [0.25, 0.3) is 0 Å². The predicted molar refractivity (Wildman–Crippen MR) is 77.3 cm³/mol. The number of amides is 1. The van der Waals surface area contributed by atoms with Crippen LogP contribution in [0.4, 0.5) is 4.53 Å². The summed E-state index contributed by atoms with van der Waals surface area (Å²) >= 11 is 0. The summed E-state index contributed by atoms with van der Waals surface area (Å²) in [6.07, 6.45) is -7.36. The van der Waals surface area contributed by atoms with E-state index in [1.807, 2.05) is 5.48 Å². The van der Waals surface area contributed by atoms with Crippen molar-refractivity contribution in [2.75, 3.05) is 6.61 Å². The van der Waals surface area contributed by atoms with Crippen LogP contribution >= 0.6 is 0 Å². The minimum absolute atomic E-state index is 0.480. The molecule has 0 aliphatic carbocycles. The van der Waals surface area contributed by atoms with Crippen LogP contribution in [0.2, 0.25) is 0 Å². The van der Waals surface area contributed by atoms with E-state index in [0.29, 0.717) is 0 Å². The molecule has 0 aromatic rings. The van der Waals surface area contributed by atoms with Crippen molar-refractivity contribution < 1.29 is 52.4 Å². The van der Waals surface area contributed by atoms with Gasteiger partial charge < -0.3 is 18.9 Å². The highest BCUT2D eigenvalue weighted by molar-refractivity contribution is 5.71. The van der Waals surface area contributed by atoms with Crippen LogP contribution in [0.5, 0.6) is 0 Å². The van der Waals surface area contributed by atoms with Crippen LogP contribution in [0.1, 0.15) is 27.7 Å². The Labute approximate surface area is 147 Å². The van der Waals surface area contributed by atoms with Crippen molar-refractivity contribution in [1.82, 2.24) is 5.48 Å². The number of hydroxylamine groups is 1. The van der Waals surface area contributed by atoms with Gasteiger partial charge in [-0.05, 0) is 4.53 Å². The zero-order chi connectivity index (χ0) is 19.9. The SMILES string of the molecule is CC(=O)NO[C@H]1C(OC(C)=O)O[C@H](COC(C)=O)[C@@H](OF)[C@@H]1OC(C)=O. The fourth-order valence-corrected chi connectivity index (χ4v) is 2.18. The number of carbonyl (C=O) groups excluding carboxylic acids is 4. The first-order valence-electron chi connectivity index (χ1n) is 7.48. The van der Waals surface area contributed by atoms with Crippen LogP contribution in [0.3, 0.4) is 0 Å². The van der Waals surface area contributed by atoms with E-state index in [-0.39, 0.29) is 0 Å². The fraction of sp³-hybridized carbons (Fsp3) is 0.714. The molecule has 0 saturated carbocycles. The first-order chi connectivity index (χ1) is 12.1. The van der Waals surface area contributed by atoms with E-state index >= 15 is 0 Å². The third kappa shape index (κ3) is 6.54. The monoisotopic (exact) mass is 381 g/mol. The lowest BCUT2D eigenvalue weighted by atomic mass is 9.98. The molecular formula is C14H20FNO10. The molecule has 1 aliphatic heterocycles. The van der Waals surface area contributed by atoms with Gasteiger partial charge in [0.15, 0.2) is 18.3 Å². The van der Waals surface area contributed by atoms with Gasteiger partial charge in [0, 0.05) is 27.7 Å². The molecule has 0 radical (unpaired) electrons. The van der Waals surface area contributed by atoms with Gasteiger partial charge in [-0.1, -0.05) is 0 Å². The normalized spacial score (nSPS) is 28.0. The Morgan fingerprint density at radius 3 is 2.00 bits per heavy atom. The van der Waals surface area contributed by atoms with Crippen LogP contribution in [-0.4, -0.2) is 61.1 Å². The lowest BCUT2D eigenvalue weighted by molar-refractivity contribution is -0.346. The maximum absolute atomic E-state index is 13.2. The molecule has 1 aliphatic rings. The summed E-state index contributed by atoms with van der Waals surface area (Å²) in [5.74, 6) is -2.94. The van der Waals surface area contributed by atoms with Gasteiger partial charge in [-0.3, -0.25) is 24.0 Å². The summed E-state index contributed by atoms with van der Waals surface area (Å²) in [5.41, 5.74) is 1.97. The Hall–Kier alpha value is -2.31. The first-order valence-corrected chi connectivity index (χ1v) is 7.48. The molecule has 1 rings (SSSR count). The molecular weight excluding hydrogens is 361 g/mol. The summed E-state index contributed by atoms with van der Waals surface area (Å²) in [5, 5.41) is 0. The van der Waals surface area contributed by atoms with E-state index in [9.17, 15) is 23.7 Å². The number of nitrogens with one attached hydrogen (secondary N) is 1. The molecule has 5 atom stereocenters. The van der Waals surface area contributed by atoms with Crippen LogP contribution in [0.15, 0.2) is 0 Å². The molecule has 1 amide bonds. The number of hydrogen-bond acceptors (Lipinski definition) is 10. The molecule has 26 heavy (non-hydrogen) atoms. The minimum Gasteiger partial charge on any atom is -0.463 e. The summed E-state index contributed by atoms with van der Waals surface area (Å²) in [7, 11) is 0. The minimum atomic E-state index is -1.59. The number of hydrogen-bond donors (Lipinski definition) is 1. The zero-order valence-electron chi connectivity index (χ0n) is 14.6. The van der Waals surface area contributed by atoms with Gasteiger partial charge in [-0.2, -0.15) is 4.94 Å². The van der Waals surface area contributed by atoms with Gasteiger partial charge in [-0.15, -0.1) is 0 Å². The first kappa shape index (κ1) is 21.7. The fourth-order valence-electron chi connectivity index (χ4n) is 2.18. The smallest absolute Gasteiger partial charge is 0.305 e. The van der Waals surface area contributed by atoms with E-state index in [4.69, 9.17) is 23.8 Å². The van der Waals surface area contributed by atoms with Gasteiger partial charge in [0.2, 0.25) is 12.2 Å². The standard InChI is InChI=1S/C14H20FNO10/c1-6(17)16-26-13-12(22-8(3)19)11(25-15)10(5-21-7(2)18)24-14(13)23-9(4)20/h10-14H,5H2,1-4H3,(H,16,17)/t10-,11-,12+,13-,14?/m1/s1. The van der Waals surface area contributed by atoms with Crippen molar-refractivity contribution in [3.63, 3.8) is 0 Å². The Bertz CT molecular complexity index is 542. The maximum atomic E-state index is 13.2. The molecule has 0 bridgehead atoms. The van der Waals surface area contributed by atoms with Crippen molar-refractivity contribution in [2.45, 2.75) is 58.4 Å². The van der Waals surface area contributed by atoms with E-state index in [1.165, 1.54) is 0 Å². The second-order valence-corrected chi connectivity index (χ2v) is 5.32. The third-order valence-corrected chi connectivity index (χ3v) is 3.07. The lowest BCUT2D eigenvalue weighted by Crippen LogP contribution is -2.63. The highest BCUT2D eigenvalue weighted by atomic mass is 19.3. The number of halogens is 1. The Kier molecular flexibility index (Phi) is 8.35. The molecule has 1 heterocycles. The van der Waals surface area contributed by atoms with Crippen LogP contribution in [-0.2, 0) is 47.9 Å². The number of rotatable bonds is 7. The molecule has 0 aromatic heterocycles. The molecule has 148 valence electrons. The second kappa shape index (κ2) is 9.99. The van der Waals surface area contributed by atoms with Crippen LogP contribution < -0.4 is 5.48 Å². The van der Waals surface area contributed by atoms with Gasteiger partial charge in [0.25, 0.3) is 0 Å². The van der Waals surface area contributed by atoms with Crippen molar-refractivity contribution in [3.05, 3.63) is 0 Å². The molecule has 1 unspecified atom stereocenters. The molecule has 1 fully saturated rings. The second-order valence-electron chi connectivity index (χ2n) is 5.32. The summed E-state index contributed by atoms with van der Waals surface area (Å²) in [6.45, 7) is 3.87. The Morgan fingerprint density at radius 1 is 0.923 bits per heavy atom. The average Bonchev–Trinajstić information content (AvgIpc) is 2.50. The van der Waals surface area contributed by atoms with Gasteiger partial charge in [0.05, 0.1) is 0 Å². The average molecular weight is 381 g/mol.